The van der Waals surface area contributed by atoms with Gasteiger partial charge in [-0.15, -0.1) is 11.3 Å². The van der Waals surface area contributed by atoms with Gasteiger partial charge in [0.15, 0.2) is 0 Å². The van der Waals surface area contributed by atoms with E-state index in [1.807, 2.05) is 47.0 Å². The van der Waals surface area contributed by atoms with Gasteiger partial charge in [0.25, 0.3) is 5.91 Å². The maximum atomic E-state index is 12.5. The van der Waals surface area contributed by atoms with Crippen LogP contribution < -0.4 is 5.32 Å². The average Bonchev–Trinajstić information content (AvgIpc) is 3.40. The molecule has 27 heavy (non-hydrogen) atoms. The first kappa shape index (κ1) is 19.4. The maximum absolute atomic E-state index is 12.5. The largest absolute Gasteiger partial charge is 0.344 e. The van der Waals surface area contributed by atoms with Crippen molar-refractivity contribution < 1.29 is 9.59 Å². The Morgan fingerprint density at radius 3 is 2.96 bits per heavy atom. The third-order valence-corrected chi connectivity index (χ3v) is 5.96. The number of aromatic nitrogens is 2. The number of aryl methyl sites for hydroxylation is 1. The Kier molecular flexibility index (Phi) is 6.45. The lowest BCUT2D eigenvalue weighted by Crippen LogP contribution is -2.29. The molecule has 2 aromatic rings. The summed E-state index contributed by atoms with van der Waals surface area (Å²) in [7, 11) is 1.90. The molecular weight excluding hydrogens is 360 g/mol. The van der Waals surface area contributed by atoms with Crippen LogP contribution in [0.3, 0.4) is 0 Å². The molecule has 1 atom stereocenters. The molecule has 0 spiro atoms. The van der Waals surface area contributed by atoms with Crippen molar-refractivity contribution in [1.82, 2.24) is 19.8 Å². The summed E-state index contributed by atoms with van der Waals surface area (Å²) in [5.74, 6) is 0.875. The molecule has 1 N–H and O–H groups in total. The minimum Gasteiger partial charge on any atom is -0.344 e. The van der Waals surface area contributed by atoms with Crippen molar-refractivity contribution in [3.63, 3.8) is 0 Å². The molecule has 1 fully saturated rings. The van der Waals surface area contributed by atoms with Gasteiger partial charge in [0.1, 0.15) is 5.82 Å². The minimum atomic E-state index is -0.101. The van der Waals surface area contributed by atoms with Crippen LogP contribution in [0.4, 0.5) is 0 Å². The lowest BCUT2D eigenvalue weighted by molar-refractivity contribution is -0.131. The summed E-state index contributed by atoms with van der Waals surface area (Å²) in [6.45, 7) is 3.25. The highest BCUT2D eigenvalue weighted by molar-refractivity contribution is 7.14. The van der Waals surface area contributed by atoms with Crippen molar-refractivity contribution in [3.05, 3.63) is 52.3 Å². The van der Waals surface area contributed by atoms with Gasteiger partial charge in [-0.2, -0.15) is 0 Å². The molecule has 1 saturated heterocycles. The normalized spacial score (nSPS) is 17.0. The molecule has 0 aromatic carbocycles. The summed E-state index contributed by atoms with van der Waals surface area (Å²) in [6.07, 6.45) is 10.9. The summed E-state index contributed by atoms with van der Waals surface area (Å²) in [6, 6.07) is 3.93. The predicted octanol–water partition coefficient (Wildman–Crippen LogP) is 3.43. The van der Waals surface area contributed by atoms with Crippen molar-refractivity contribution in [1.29, 1.82) is 0 Å². The Hall–Kier alpha value is -2.41. The van der Waals surface area contributed by atoms with Gasteiger partial charge >= 0.3 is 0 Å². The molecule has 0 unspecified atom stereocenters. The second kappa shape index (κ2) is 8.99. The Labute approximate surface area is 163 Å². The molecule has 144 valence electrons. The molecule has 0 bridgehead atoms. The molecule has 0 saturated carbocycles. The molecule has 2 amide bonds. The number of nitrogens with one attached hydrogen (secondary N) is 1. The number of carbonyl (C=O) groups excluding carboxylic acids is 2. The fraction of sp³-hybridized carbons (Fsp3) is 0.450. The molecule has 6 nitrogen and oxygen atoms in total. The van der Waals surface area contributed by atoms with Crippen LogP contribution in [0.2, 0.25) is 0 Å². The zero-order valence-corrected chi connectivity index (χ0v) is 16.7. The van der Waals surface area contributed by atoms with Crippen LogP contribution >= 0.6 is 11.3 Å². The Balaban J connectivity index is 1.62. The van der Waals surface area contributed by atoms with Crippen molar-refractivity contribution >= 4 is 23.2 Å². The van der Waals surface area contributed by atoms with Crippen LogP contribution in [0.15, 0.2) is 36.7 Å². The van der Waals surface area contributed by atoms with Crippen molar-refractivity contribution in [3.8, 4) is 0 Å². The Bertz CT molecular complexity index is 824. The quantitative estimate of drug-likeness (QED) is 0.742. The number of thiophene rings is 1. The van der Waals surface area contributed by atoms with E-state index in [4.69, 9.17) is 0 Å². The smallest absolute Gasteiger partial charge is 0.261 e. The lowest BCUT2D eigenvalue weighted by Gasteiger charge is -2.23. The highest BCUT2D eigenvalue weighted by Gasteiger charge is 2.30. The third-order valence-electron chi connectivity index (χ3n) is 4.78. The standard InChI is InChI=1S/C20H26N4O2S/c1-3-4-5-8-19(25)24-12-6-7-15(24)16-9-10-17(27-16)20(26)22-14-18-21-11-13-23(18)2/h4-5,9-11,13,15H,3,6-8,12,14H2,1-2H3,(H,22,26)/b5-4+/t15-/m0/s1. The van der Waals surface area contributed by atoms with Gasteiger partial charge in [0.2, 0.25) is 5.91 Å². The SMILES string of the molecule is CC/C=C/CC(=O)N1CCC[C@H]1c1ccc(C(=O)NCc2nccn2C)s1. The molecule has 3 rings (SSSR count). The van der Waals surface area contributed by atoms with Crippen molar-refractivity contribution in [2.45, 2.75) is 45.2 Å². The van der Waals surface area contributed by atoms with E-state index in [1.165, 1.54) is 11.3 Å². The highest BCUT2D eigenvalue weighted by atomic mass is 32.1. The van der Waals surface area contributed by atoms with Gasteiger partial charge < -0.3 is 14.8 Å². The molecule has 1 aliphatic rings. The number of imidazole rings is 1. The number of amides is 2. The number of hydrogen-bond donors (Lipinski definition) is 1. The van der Waals surface area contributed by atoms with E-state index in [9.17, 15) is 9.59 Å². The molecule has 3 heterocycles. The predicted molar refractivity (Wildman–Crippen MR) is 106 cm³/mol. The minimum absolute atomic E-state index is 0.0913. The number of hydrogen-bond acceptors (Lipinski definition) is 4. The van der Waals surface area contributed by atoms with Crippen LogP contribution in [0.5, 0.6) is 0 Å². The van der Waals surface area contributed by atoms with Gasteiger partial charge in [-0.25, -0.2) is 4.98 Å². The topological polar surface area (TPSA) is 67.2 Å². The second-order valence-corrected chi connectivity index (χ2v) is 7.78. The van der Waals surface area contributed by atoms with Crippen LogP contribution in [-0.4, -0.2) is 32.8 Å². The maximum Gasteiger partial charge on any atom is 0.261 e. The van der Waals surface area contributed by atoms with Crippen LogP contribution in [-0.2, 0) is 18.4 Å². The fourth-order valence-corrected chi connectivity index (χ4v) is 4.37. The van der Waals surface area contributed by atoms with E-state index in [-0.39, 0.29) is 17.9 Å². The van der Waals surface area contributed by atoms with Crippen molar-refractivity contribution in [2.75, 3.05) is 6.54 Å². The third kappa shape index (κ3) is 4.66. The molecule has 0 radical (unpaired) electrons. The highest BCUT2D eigenvalue weighted by Crippen LogP contribution is 2.36. The first-order chi connectivity index (χ1) is 13.1. The van der Waals surface area contributed by atoms with E-state index >= 15 is 0 Å². The monoisotopic (exact) mass is 386 g/mol. The van der Waals surface area contributed by atoms with Gasteiger partial charge in [0.05, 0.1) is 17.5 Å². The van der Waals surface area contributed by atoms with E-state index in [0.717, 1.165) is 36.5 Å². The van der Waals surface area contributed by atoms with Gasteiger partial charge in [-0.3, -0.25) is 9.59 Å². The molecule has 7 heteroatoms. The van der Waals surface area contributed by atoms with Crippen LogP contribution in [0.1, 0.15) is 59.0 Å². The zero-order valence-electron chi connectivity index (χ0n) is 15.9. The van der Waals surface area contributed by atoms with Gasteiger partial charge in [-0.05, 0) is 31.4 Å². The summed E-state index contributed by atoms with van der Waals surface area (Å²) in [5, 5.41) is 2.91. The van der Waals surface area contributed by atoms with Gasteiger partial charge in [-0.1, -0.05) is 19.1 Å². The van der Waals surface area contributed by atoms with E-state index < -0.39 is 0 Å². The number of rotatable bonds is 7. The number of nitrogens with zero attached hydrogens (tertiary/aromatic N) is 3. The average molecular weight is 387 g/mol. The van der Waals surface area contributed by atoms with E-state index in [1.54, 1.807) is 6.20 Å². The summed E-state index contributed by atoms with van der Waals surface area (Å²) in [5.41, 5.74) is 0. The molecule has 2 aromatic heterocycles. The number of allylic oxidation sites excluding steroid dienone is 1. The molecule has 0 aliphatic carbocycles. The van der Waals surface area contributed by atoms with Crippen molar-refractivity contribution in [2.24, 2.45) is 7.05 Å². The summed E-state index contributed by atoms with van der Waals surface area (Å²) >= 11 is 1.48. The Morgan fingerprint density at radius 1 is 1.37 bits per heavy atom. The van der Waals surface area contributed by atoms with Gasteiger partial charge in [0, 0.05) is 37.3 Å². The number of carbonyl (C=O) groups is 2. The first-order valence-corrected chi connectivity index (χ1v) is 10.2. The van der Waals surface area contributed by atoms with E-state index in [2.05, 4.69) is 17.2 Å². The zero-order chi connectivity index (χ0) is 19.2. The Morgan fingerprint density at radius 2 is 2.22 bits per heavy atom. The molecular formula is C20H26N4O2S. The fourth-order valence-electron chi connectivity index (χ4n) is 3.30. The number of likely N-dealkylation sites (tertiary alicyclic amines) is 1. The first-order valence-electron chi connectivity index (χ1n) is 9.38. The van der Waals surface area contributed by atoms with E-state index in [0.29, 0.717) is 17.8 Å². The second-order valence-electron chi connectivity index (χ2n) is 6.67. The molecule has 1 aliphatic heterocycles. The summed E-state index contributed by atoms with van der Waals surface area (Å²) < 4.78 is 1.88. The van der Waals surface area contributed by atoms with Crippen LogP contribution in [0, 0.1) is 0 Å². The summed E-state index contributed by atoms with van der Waals surface area (Å²) in [4.78, 5) is 32.9. The lowest BCUT2D eigenvalue weighted by atomic mass is 10.2. The van der Waals surface area contributed by atoms with Crippen LogP contribution in [0.25, 0.3) is 0 Å².